The molecule has 3 aromatic rings. The number of benzene rings is 2. The van der Waals surface area contributed by atoms with Gasteiger partial charge in [-0.15, -0.1) is 0 Å². The first kappa shape index (κ1) is 19.1. The van der Waals surface area contributed by atoms with Crippen molar-refractivity contribution in [3.8, 4) is 0 Å². The number of ether oxygens (including phenoxy) is 1. The predicted molar refractivity (Wildman–Crippen MR) is 94.2 cm³/mol. The average molecular weight is 441 g/mol. The van der Waals surface area contributed by atoms with Gasteiger partial charge < -0.3 is 9.30 Å². The number of Topliss-reactive ketones (excluding diaryl/α,β-unsaturated/α-hetero) is 1. The van der Waals surface area contributed by atoms with Crippen LogP contribution in [0.1, 0.15) is 16.2 Å². The Morgan fingerprint density at radius 3 is 2.44 bits per heavy atom. The van der Waals surface area contributed by atoms with E-state index in [2.05, 4.69) is 20.9 Å². The van der Waals surface area contributed by atoms with Crippen LogP contribution in [0.5, 0.6) is 0 Å². The van der Waals surface area contributed by atoms with Crippen LogP contribution in [0.25, 0.3) is 11.0 Å². The third-order valence-electron chi connectivity index (χ3n) is 3.73. The van der Waals surface area contributed by atoms with E-state index in [1.165, 1.54) is 12.1 Å². The smallest absolute Gasteiger partial charge is 0.449 e. The molecule has 27 heavy (non-hydrogen) atoms. The highest BCUT2D eigenvalue weighted by Gasteiger charge is 2.38. The summed E-state index contributed by atoms with van der Waals surface area (Å²) in [4.78, 5) is 27.7. The lowest BCUT2D eigenvalue weighted by Gasteiger charge is -2.11. The largest absolute Gasteiger partial charge is 0.456 e. The number of hydrogen-bond acceptors (Lipinski definition) is 4. The number of alkyl halides is 3. The van der Waals surface area contributed by atoms with Crippen molar-refractivity contribution >= 4 is 38.7 Å². The Morgan fingerprint density at radius 2 is 1.74 bits per heavy atom. The lowest BCUT2D eigenvalue weighted by molar-refractivity contribution is -0.150. The molecule has 0 unspecified atom stereocenters. The van der Waals surface area contributed by atoms with Gasteiger partial charge in [0.2, 0.25) is 11.6 Å². The van der Waals surface area contributed by atoms with Crippen LogP contribution in [0.3, 0.4) is 0 Å². The number of imidazole rings is 1. The van der Waals surface area contributed by atoms with Gasteiger partial charge in [-0.2, -0.15) is 13.2 Å². The van der Waals surface area contributed by atoms with E-state index in [1.807, 2.05) is 0 Å². The van der Waals surface area contributed by atoms with Crippen molar-refractivity contribution in [1.29, 1.82) is 0 Å². The third-order valence-corrected chi connectivity index (χ3v) is 4.43. The van der Waals surface area contributed by atoms with Crippen LogP contribution >= 0.6 is 15.9 Å². The van der Waals surface area contributed by atoms with E-state index in [-0.39, 0.29) is 11.0 Å². The molecule has 0 aliphatic rings. The van der Waals surface area contributed by atoms with Crippen LogP contribution in [-0.4, -0.2) is 27.9 Å². The highest BCUT2D eigenvalue weighted by Crippen LogP contribution is 2.31. The molecule has 9 heteroatoms. The SMILES string of the molecule is O=C(Cn1c(C(F)(F)F)nc2ccccc21)OCC(=O)c1ccccc1Br. The highest BCUT2D eigenvalue weighted by molar-refractivity contribution is 9.10. The number of rotatable bonds is 5. The van der Waals surface area contributed by atoms with Gasteiger partial charge in [0, 0.05) is 10.0 Å². The summed E-state index contributed by atoms with van der Waals surface area (Å²) in [6, 6.07) is 12.5. The van der Waals surface area contributed by atoms with E-state index in [9.17, 15) is 22.8 Å². The summed E-state index contributed by atoms with van der Waals surface area (Å²) >= 11 is 3.21. The van der Waals surface area contributed by atoms with Crippen molar-refractivity contribution in [3.05, 3.63) is 64.4 Å². The fourth-order valence-electron chi connectivity index (χ4n) is 2.54. The van der Waals surface area contributed by atoms with Crippen LogP contribution in [0.15, 0.2) is 53.0 Å². The molecule has 5 nitrogen and oxygen atoms in total. The number of hydrogen-bond donors (Lipinski definition) is 0. The Bertz CT molecular complexity index is 1010. The van der Waals surface area contributed by atoms with Crippen LogP contribution in [0, 0.1) is 0 Å². The standard InChI is InChI=1S/C18H12BrF3N2O3/c19-12-6-2-1-5-11(12)15(25)10-27-16(26)9-24-14-8-4-3-7-13(14)23-17(24)18(20,21)22/h1-8H,9-10H2. The van der Waals surface area contributed by atoms with Gasteiger partial charge in [-0.3, -0.25) is 9.59 Å². The van der Waals surface area contributed by atoms with Crippen molar-refractivity contribution in [1.82, 2.24) is 9.55 Å². The summed E-state index contributed by atoms with van der Waals surface area (Å²) in [5.41, 5.74) is 0.579. The maximum Gasteiger partial charge on any atom is 0.449 e. The molecule has 0 aliphatic carbocycles. The second-order valence-electron chi connectivity index (χ2n) is 5.57. The van der Waals surface area contributed by atoms with E-state index in [0.29, 0.717) is 10.0 Å². The minimum atomic E-state index is -4.73. The number of nitrogens with zero attached hydrogens (tertiary/aromatic N) is 2. The second-order valence-corrected chi connectivity index (χ2v) is 6.43. The van der Waals surface area contributed by atoms with Crippen LogP contribution < -0.4 is 0 Å². The fraction of sp³-hybridized carbons (Fsp3) is 0.167. The molecule has 0 saturated heterocycles. The molecule has 140 valence electrons. The Hall–Kier alpha value is -2.68. The maximum absolute atomic E-state index is 13.2. The molecule has 0 atom stereocenters. The molecule has 2 aromatic carbocycles. The number of carbonyl (C=O) groups is 2. The Kier molecular flexibility index (Phi) is 5.31. The zero-order chi connectivity index (χ0) is 19.6. The number of fused-ring (bicyclic) bond motifs is 1. The summed E-state index contributed by atoms with van der Waals surface area (Å²) in [5.74, 6) is -2.64. The van der Waals surface area contributed by atoms with Gasteiger partial charge in [-0.1, -0.05) is 46.3 Å². The molecule has 1 aromatic heterocycles. The molecule has 0 fully saturated rings. The van der Waals surface area contributed by atoms with Crippen molar-refractivity contribution in [3.63, 3.8) is 0 Å². The van der Waals surface area contributed by atoms with Gasteiger partial charge in [-0.25, -0.2) is 4.98 Å². The summed E-state index contributed by atoms with van der Waals surface area (Å²) in [7, 11) is 0. The van der Waals surface area contributed by atoms with Gasteiger partial charge in [0.1, 0.15) is 6.54 Å². The van der Waals surface area contributed by atoms with Gasteiger partial charge in [0.05, 0.1) is 11.0 Å². The quantitative estimate of drug-likeness (QED) is 0.439. The minimum Gasteiger partial charge on any atom is -0.456 e. The normalized spacial score (nSPS) is 11.6. The molecule has 0 bridgehead atoms. The van der Waals surface area contributed by atoms with Crippen molar-refractivity contribution < 1.29 is 27.5 Å². The van der Waals surface area contributed by atoms with Crippen molar-refractivity contribution in [2.75, 3.05) is 6.61 Å². The van der Waals surface area contributed by atoms with Gasteiger partial charge >= 0.3 is 12.1 Å². The average Bonchev–Trinajstić information content (AvgIpc) is 2.99. The first-order valence-electron chi connectivity index (χ1n) is 7.73. The van der Waals surface area contributed by atoms with Crippen LogP contribution in [-0.2, 0) is 22.3 Å². The molecule has 0 spiro atoms. The molecule has 0 aliphatic heterocycles. The Morgan fingerprint density at radius 1 is 1.07 bits per heavy atom. The summed E-state index contributed by atoms with van der Waals surface area (Å²) in [5, 5.41) is 0. The van der Waals surface area contributed by atoms with E-state index >= 15 is 0 Å². The molecule has 0 N–H and O–H groups in total. The number of ketones is 1. The molecular weight excluding hydrogens is 429 g/mol. The summed E-state index contributed by atoms with van der Waals surface area (Å²) in [6.45, 7) is -1.28. The van der Waals surface area contributed by atoms with Gasteiger partial charge in [0.15, 0.2) is 6.61 Å². The number of esters is 1. The first-order chi connectivity index (χ1) is 12.8. The fourth-order valence-corrected chi connectivity index (χ4v) is 3.04. The second kappa shape index (κ2) is 7.51. The van der Waals surface area contributed by atoms with E-state index < -0.39 is 36.9 Å². The maximum atomic E-state index is 13.2. The van der Waals surface area contributed by atoms with Crippen molar-refractivity contribution in [2.45, 2.75) is 12.7 Å². The topological polar surface area (TPSA) is 61.2 Å². The molecule has 1 heterocycles. The number of aromatic nitrogens is 2. The Labute approximate surface area is 159 Å². The van der Waals surface area contributed by atoms with E-state index in [4.69, 9.17) is 4.74 Å². The predicted octanol–water partition coefficient (Wildman–Crippen LogP) is 4.24. The highest BCUT2D eigenvalue weighted by atomic mass is 79.9. The number of carbonyl (C=O) groups excluding carboxylic acids is 2. The zero-order valence-corrected chi connectivity index (χ0v) is 15.3. The lowest BCUT2D eigenvalue weighted by Crippen LogP contribution is -2.22. The van der Waals surface area contributed by atoms with Gasteiger partial charge in [-0.05, 0) is 18.2 Å². The molecular formula is C18H12BrF3N2O3. The molecule has 3 rings (SSSR count). The molecule has 0 radical (unpaired) electrons. The van der Waals surface area contributed by atoms with Gasteiger partial charge in [0.25, 0.3) is 0 Å². The monoisotopic (exact) mass is 440 g/mol. The number of halogens is 4. The van der Waals surface area contributed by atoms with Crippen LogP contribution in [0.4, 0.5) is 13.2 Å². The summed E-state index contributed by atoms with van der Waals surface area (Å²) in [6.07, 6.45) is -4.73. The van der Waals surface area contributed by atoms with Crippen LogP contribution in [0.2, 0.25) is 0 Å². The molecule has 0 saturated carbocycles. The van der Waals surface area contributed by atoms with E-state index in [0.717, 1.165) is 4.57 Å². The zero-order valence-electron chi connectivity index (χ0n) is 13.7. The Balaban J connectivity index is 1.76. The number of para-hydroxylation sites is 2. The van der Waals surface area contributed by atoms with E-state index in [1.54, 1.807) is 36.4 Å². The first-order valence-corrected chi connectivity index (χ1v) is 8.52. The molecule has 0 amide bonds. The summed E-state index contributed by atoms with van der Waals surface area (Å²) < 4.78 is 45.8. The minimum absolute atomic E-state index is 0.113. The lowest BCUT2D eigenvalue weighted by atomic mass is 10.1. The van der Waals surface area contributed by atoms with Crippen molar-refractivity contribution in [2.24, 2.45) is 0 Å². The third kappa shape index (κ3) is 4.19.